The number of nitrogen functional groups attached to an aromatic ring is 1. The molecule has 1 atom stereocenters. The van der Waals surface area contributed by atoms with E-state index in [-0.39, 0.29) is 0 Å². The Morgan fingerprint density at radius 2 is 2.13 bits per heavy atom. The van der Waals surface area contributed by atoms with Gasteiger partial charge >= 0.3 is 0 Å². The molecule has 0 amide bonds. The average molecular weight is 319 g/mol. The average Bonchev–Trinajstić information content (AvgIpc) is 3.09. The molecule has 1 aromatic rings. The van der Waals surface area contributed by atoms with Gasteiger partial charge in [-0.05, 0) is 51.2 Å². The summed E-state index contributed by atoms with van der Waals surface area (Å²) in [6, 6.07) is 2.04. The van der Waals surface area contributed by atoms with Crippen molar-refractivity contribution in [3.05, 3.63) is 11.8 Å². The van der Waals surface area contributed by atoms with Crippen LogP contribution in [-0.4, -0.2) is 54.3 Å². The number of rotatable bonds is 6. The highest BCUT2D eigenvalue weighted by atomic mass is 16.5. The third-order valence-corrected chi connectivity index (χ3v) is 5.12. The van der Waals surface area contributed by atoms with Gasteiger partial charge in [-0.3, -0.25) is 0 Å². The lowest BCUT2D eigenvalue weighted by Crippen LogP contribution is -2.33. The zero-order valence-corrected chi connectivity index (χ0v) is 14.1. The molecule has 23 heavy (non-hydrogen) atoms. The number of likely N-dealkylation sites (tertiary alicyclic amines) is 1. The summed E-state index contributed by atoms with van der Waals surface area (Å²) in [5.41, 5.74) is 6.87. The Morgan fingerprint density at radius 1 is 1.30 bits per heavy atom. The second-order valence-electron chi connectivity index (χ2n) is 6.69. The van der Waals surface area contributed by atoms with Gasteiger partial charge in [-0.2, -0.15) is 4.98 Å². The number of piperidine rings is 1. The summed E-state index contributed by atoms with van der Waals surface area (Å²) in [6.45, 7) is 8.42. The lowest BCUT2D eigenvalue weighted by Gasteiger charge is -2.31. The third-order valence-electron chi connectivity index (χ3n) is 5.12. The van der Waals surface area contributed by atoms with Gasteiger partial charge in [0.1, 0.15) is 5.82 Å². The number of nitrogens with one attached hydrogen (secondary N) is 1. The van der Waals surface area contributed by atoms with E-state index in [2.05, 4.69) is 27.1 Å². The van der Waals surface area contributed by atoms with E-state index in [1.165, 1.54) is 38.9 Å². The molecule has 3 heterocycles. The normalized spacial score (nSPS) is 23.3. The Balaban J connectivity index is 1.48. The van der Waals surface area contributed by atoms with Crippen LogP contribution in [0.15, 0.2) is 6.07 Å². The molecule has 6 nitrogen and oxygen atoms in total. The summed E-state index contributed by atoms with van der Waals surface area (Å²) in [4.78, 5) is 11.2. The van der Waals surface area contributed by atoms with Crippen molar-refractivity contribution in [3.8, 4) is 0 Å². The number of hydrogen-bond acceptors (Lipinski definition) is 6. The fraction of sp³-hybridized carbons (Fsp3) is 0.765. The maximum absolute atomic E-state index is 5.86. The van der Waals surface area contributed by atoms with Gasteiger partial charge in [0, 0.05) is 25.1 Å². The van der Waals surface area contributed by atoms with Crippen molar-refractivity contribution in [1.82, 2.24) is 14.9 Å². The molecule has 0 saturated carbocycles. The first kappa shape index (κ1) is 16.5. The number of hydrogen-bond donors (Lipinski definition) is 2. The SMILES string of the molecule is CCN1CCC(CCNc2cc(C3CCOC3)nc(N)n2)CC1. The predicted molar refractivity (Wildman–Crippen MR) is 92.6 cm³/mol. The number of anilines is 2. The number of aromatic nitrogens is 2. The Kier molecular flexibility index (Phi) is 5.67. The maximum Gasteiger partial charge on any atom is 0.222 e. The van der Waals surface area contributed by atoms with E-state index in [9.17, 15) is 0 Å². The number of nitrogens with zero attached hydrogens (tertiary/aromatic N) is 3. The van der Waals surface area contributed by atoms with E-state index in [4.69, 9.17) is 10.5 Å². The molecule has 0 spiro atoms. The van der Waals surface area contributed by atoms with Gasteiger partial charge in [-0.1, -0.05) is 6.92 Å². The van der Waals surface area contributed by atoms with Crippen molar-refractivity contribution in [2.24, 2.45) is 5.92 Å². The van der Waals surface area contributed by atoms with Crippen molar-refractivity contribution in [2.75, 3.05) is 50.4 Å². The van der Waals surface area contributed by atoms with Crippen molar-refractivity contribution in [1.29, 1.82) is 0 Å². The summed E-state index contributed by atoms with van der Waals surface area (Å²) >= 11 is 0. The molecule has 2 saturated heterocycles. The van der Waals surface area contributed by atoms with E-state index in [1.807, 2.05) is 6.07 Å². The zero-order valence-electron chi connectivity index (χ0n) is 14.1. The van der Waals surface area contributed by atoms with Crippen LogP contribution in [0.25, 0.3) is 0 Å². The molecule has 0 radical (unpaired) electrons. The van der Waals surface area contributed by atoms with Gasteiger partial charge in [0.2, 0.25) is 5.95 Å². The summed E-state index contributed by atoms with van der Waals surface area (Å²) in [6.07, 6.45) is 4.84. The van der Waals surface area contributed by atoms with Crippen molar-refractivity contribution >= 4 is 11.8 Å². The molecule has 3 rings (SSSR count). The summed E-state index contributed by atoms with van der Waals surface area (Å²) in [7, 11) is 0. The van der Waals surface area contributed by atoms with Crippen LogP contribution in [0.1, 0.15) is 44.2 Å². The quantitative estimate of drug-likeness (QED) is 0.836. The molecule has 0 aromatic carbocycles. The maximum atomic E-state index is 5.86. The van der Waals surface area contributed by atoms with Crippen LogP contribution in [0.2, 0.25) is 0 Å². The van der Waals surface area contributed by atoms with Gasteiger partial charge in [0.05, 0.1) is 12.3 Å². The first-order chi connectivity index (χ1) is 11.2. The van der Waals surface area contributed by atoms with Gasteiger partial charge in [-0.25, -0.2) is 4.98 Å². The molecule has 6 heteroatoms. The lowest BCUT2D eigenvalue weighted by molar-refractivity contribution is 0.189. The number of nitrogens with two attached hydrogens (primary N) is 1. The smallest absolute Gasteiger partial charge is 0.222 e. The molecular formula is C17H29N5O. The van der Waals surface area contributed by atoms with Gasteiger partial charge < -0.3 is 20.7 Å². The van der Waals surface area contributed by atoms with E-state index in [1.54, 1.807) is 0 Å². The van der Waals surface area contributed by atoms with Crippen LogP contribution in [0.5, 0.6) is 0 Å². The molecule has 2 aliphatic rings. The molecule has 128 valence electrons. The minimum Gasteiger partial charge on any atom is -0.381 e. The fourth-order valence-corrected chi connectivity index (χ4v) is 3.55. The molecule has 1 aromatic heterocycles. The number of ether oxygens (including phenoxy) is 1. The molecule has 0 aliphatic carbocycles. The van der Waals surface area contributed by atoms with Crippen LogP contribution >= 0.6 is 0 Å². The first-order valence-corrected chi connectivity index (χ1v) is 8.93. The summed E-state index contributed by atoms with van der Waals surface area (Å²) < 4.78 is 5.44. The molecule has 2 aliphatic heterocycles. The summed E-state index contributed by atoms with van der Waals surface area (Å²) in [5.74, 6) is 2.39. The van der Waals surface area contributed by atoms with Crippen molar-refractivity contribution in [2.45, 2.75) is 38.5 Å². The van der Waals surface area contributed by atoms with Crippen LogP contribution < -0.4 is 11.1 Å². The predicted octanol–water partition coefficient (Wildman–Crippen LogP) is 2.10. The lowest BCUT2D eigenvalue weighted by atomic mass is 9.93. The Hall–Kier alpha value is -1.40. The Bertz CT molecular complexity index is 496. The van der Waals surface area contributed by atoms with Gasteiger partial charge in [0.25, 0.3) is 0 Å². The van der Waals surface area contributed by atoms with Crippen LogP contribution in [0.4, 0.5) is 11.8 Å². The minimum atomic E-state index is 0.355. The van der Waals surface area contributed by atoms with Gasteiger partial charge in [-0.15, -0.1) is 0 Å². The largest absolute Gasteiger partial charge is 0.381 e. The highest BCUT2D eigenvalue weighted by molar-refractivity contribution is 5.41. The molecule has 1 unspecified atom stereocenters. The van der Waals surface area contributed by atoms with Crippen molar-refractivity contribution in [3.63, 3.8) is 0 Å². The van der Waals surface area contributed by atoms with Gasteiger partial charge in [0.15, 0.2) is 0 Å². The highest BCUT2D eigenvalue weighted by Gasteiger charge is 2.21. The fourth-order valence-electron chi connectivity index (χ4n) is 3.55. The standard InChI is InChI=1S/C17H29N5O/c1-2-22-8-4-13(5-9-22)3-7-19-16-11-15(20-17(18)21-16)14-6-10-23-12-14/h11,13-14H,2-10,12H2,1H3,(H3,18,19,20,21). The zero-order chi connectivity index (χ0) is 16.1. The monoisotopic (exact) mass is 319 g/mol. The third kappa shape index (κ3) is 4.54. The van der Waals surface area contributed by atoms with Crippen LogP contribution in [0.3, 0.4) is 0 Å². The Morgan fingerprint density at radius 3 is 2.83 bits per heavy atom. The molecule has 0 bridgehead atoms. The molecule has 3 N–H and O–H groups in total. The van der Waals surface area contributed by atoms with Crippen LogP contribution in [0, 0.1) is 5.92 Å². The Labute approximate surface area is 138 Å². The van der Waals surface area contributed by atoms with Crippen LogP contribution in [-0.2, 0) is 4.74 Å². The van der Waals surface area contributed by atoms with E-state index >= 15 is 0 Å². The second-order valence-corrected chi connectivity index (χ2v) is 6.69. The first-order valence-electron chi connectivity index (χ1n) is 8.93. The van der Waals surface area contributed by atoms with Crippen molar-refractivity contribution < 1.29 is 4.74 Å². The summed E-state index contributed by atoms with van der Waals surface area (Å²) in [5, 5.41) is 3.44. The minimum absolute atomic E-state index is 0.355. The highest BCUT2D eigenvalue weighted by Crippen LogP contribution is 2.26. The molecule has 2 fully saturated rings. The second kappa shape index (κ2) is 7.93. The molecular weight excluding hydrogens is 290 g/mol. The van der Waals surface area contributed by atoms with E-state index < -0.39 is 0 Å². The van der Waals surface area contributed by atoms with E-state index in [0.717, 1.165) is 43.6 Å². The van der Waals surface area contributed by atoms with E-state index in [0.29, 0.717) is 11.9 Å². The topological polar surface area (TPSA) is 76.3 Å².